The molecule has 4 nitrogen and oxygen atoms in total. The van der Waals surface area contributed by atoms with Crippen molar-refractivity contribution in [3.63, 3.8) is 0 Å². The Labute approximate surface area is 92.1 Å². The Morgan fingerprint density at radius 3 is 3.07 bits per heavy atom. The topological polar surface area (TPSA) is 65.3 Å². The molecule has 80 valence electrons. The average Bonchev–Trinajstić information content (AvgIpc) is 2.84. The van der Waals surface area contributed by atoms with E-state index in [1.165, 1.54) is 11.3 Å². The number of hydrogen-bond acceptors (Lipinski definition) is 5. The number of hydrogen-bond donors (Lipinski definition) is 2. The summed E-state index contributed by atoms with van der Waals surface area (Å²) in [4.78, 5) is 1.82. The summed E-state index contributed by atoms with van der Waals surface area (Å²) in [6.45, 7) is 1.64. The van der Waals surface area contributed by atoms with Gasteiger partial charge in [0.2, 0.25) is 0 Å². The molecular formula is C10H12N2O2S. The van der Waals surface area contributed by atoms with Gasteiger partial charge >= 0.3 is 0 Å². The summed E-state index contributed by atoms with van der Waals surface area (Å²) in [5, 5.41) is 21.3. The number of rotatable bonds is 3. The molecule has 2 N–H and O–H groups in total. The van der Waals surface area contributed by atoms with Gasteiger partial charge in [0.1, 0.15) is 10.9 Å². The van der Waals surface area contributed by atoms with E-state index in [1.54, 1.807) is 0 Å². The van der Waals surface area contributed by atoms with E-state index in [4.69, 9.17) is 10.00 Å². The van der Waals surface area contributed by atoms with Gasteiger partial charge in [-0.1, -0.05) is 0 Å². The zero-order valence-electron chi connectivity index (χ0n) is 8.14. The van der Waals surface area contributed by atoms with E-state index in [0.29, 0.717) is 19.8 Å². The molecule has 15 heavy (non-hydrogen) atoms. The molecular weight excluding hydrogens is 212 g/mol. The van der Waals surface area contributed by atoms with Crippen LogP contribution in [0.4, 0.5) is 0 Å². The van der Waals surface area contributed by atoms with Gasteiger partial charge in [0, 0.05) is 11.4 Å². The molecule has 2 unspecified atom stereocenters. The van der Waals surface area contributed by atoms with Crippen molar-refractivity contribution in [3.05, 3.63) is 21.9 Å². The lowest BCUT2D eigenvalue weighted by atomic mass is 10.2. The van der Waals surface area contributed by atoms with Crippen molar-refractivity contribution in [2.24, 2.45) is 0 Å². The van der Waals surface area contributed by atoms with Gasteiger partial charge in [-0.2, -0.15) is 5.26 Å². The van der Waals surface area contributed by atoms with E-state index in [-0.39, 0.29) is 6.04 Å². The van der Waals surface area contributed by atoms with Crippen LogP contribution in [0.3, 0.4) is 0 Å². The fourth-order valence-electron chi connectivity index (χ4n) is 1.50. The van der Waals surface area contributed by atoms with Gasteiger partial charge in [-0.15, -0.1) is 11.3 Å². The van der Waals surface area contributed by atoms with Crippen LogP contribution in [-0.4, -0.2) is 30.5 Å². The maximum absolute atomic E-state index is 9.48. The maximum atomic E-state index is 9.48. The highest BCUT2D eigenvalue weighted by Gasteiger charge is 2.25. The minimum atomic E-state index is -0.416. The molecule has 5 heteroatoms. The fraction of sp³-hybridized carbons (Fsp3) is 0.500. The summed E-state index contributed by atoms with van der Waals surface area (Å²) in [6, 6.07) is 5.85. The summed E-state index contributed by atoms with van der Waals surface area (Å²) >= 11 is 1.47. The van der Waals surface area contributed by atoms with Gasteiger partial charge in [-0.25, -0.2) is 0 Å². The summed E-state index contributed by atoms with van der Waals surface area (Å²) in [7, 11) is 0. The molecule has 0 amide bonds. The van der Waals surface area contributed by atoms with Gasteiger partial charge < -0.3 is 15.2 Å². The quantitative estimate of drug-likeness (QED) is 0.783. The Hall–Kier alpha value is -0.930. The highest BCUT2D eigenvalue weighted by Crippen LogP contribution is 2.15. The first-order chi connectivity index (χ1) is 7.29. The average molecular weight is 224 g/mol. The predicted molar refractivity (Wildman–Crippen MR) is 56.5 cm³/mol. The maximum Gasteiger partial charge on any atom is 0.110 e. The molecule has 2 atom stereocenters. The van der Waals surface area contributed by atoms with Crippen LogP contribution in [0.15, 0.2) is 12.1 Å². The number of thiophene rings is 1. The second kappa shape index (κ2) is 4.73. The third-order valence-corrected chi connectivity index (χ3v) is 3.35. The van der Waals surface area contributed by atoms with E-state index < -0.39 is 6.10 Å². The minimum Gasteiger partial charge on any atom is -0.389 e. The second-order valence-electron chi connectivity index (χ2n) is 3.47. The molecule has 1 aliphatic rings. The van der Waals surface area contributed by atoms with E-state index in [9.17, 15) is 5.11 Å². The number of nitrogens with zero attached hydrogens (tertiary/aromatic N) is 1. The number of nitriles is 1. The largest absolute Gasteiger partial charge is 0.389 e. The Bertz CT molecular complexity index is 372. The molecule has 0 spiro atoms. The van der Waals surface area contributed by atoms with Gasteiger partial charge in [0.25, 0.3) is 0 Å². The number of aliphatic hydroxyl groups excluding tert-OH is 1. The van der Waals surface area contributed by atoms with Crippen LogP contribution in [-0.2, 0) is 11.3 Å². The third kappa shape index (κ3) is 2.55. The lowest BCUT2D eigenvalue weighted by molar-refractivity contribution is 0.122. The second-order valence-corrected chi connectivity index (χ2v) is 4.64. The van der Waals surface area contributed by atoms with Crippen molar-refractivity contribution in [3.8, 4) is 6.07 Å². The van der Waals surface area contributed by atoms with E-state index in [0.717, 1.165) is 9.75 Å². The van der Waals surface area contributed by atoms with Gasteiger partial charge in [0.05, 0.1) is 25.4 Å². The Morgan fingerprint density at radius 1 is 1.60 bits per heavy atom. The highest BCUT2D eigenvalue weighted by molar-refractivity contribution is 7.12. The lowest BCUT2D eigenvalue weighted by Crippen LogP contribution is -2.38. The smallest absolute Gasteiger partial charge is 0.110 e. The van der Waals surface area contributed by atoms with E-state index >= 15 is 0 Å². The molecule has 0 radical (unpaired) electrons. The first-order valence-corrected chi connectivity index (χ1v) is 5.59. The Balaban J connectivity index is 1.85. The standard InChI is InChI=1S/C10H12N2O2S/c11-3-7-1-2-8(15-7)4-12-9-5-14-6-10(9)13/h1-2,9-10,12-13H,4-6H2. The Kier molecular flexibility index (Phi) is 3.34. The Morgan fingerprint density at radius 2 is 2.47 bits per heavy atom. The van der Waals surface area contributed by atoms with Crippen molar-refractivity contribution in [1.82, 2.24) is 5.32 Å². The van der Waals surface area contributed by atoms with Crippen LogP contribution in [0.2, 0.25) is 0 Å². The zero-order valence-corrected chi connectivity index (χ0v) is 8.96. The van der Waals surface area contributed by atoms with Crippen LogP contribution in [0.1, 0.15) is 9.75 Å². The first kappa shape index (κ1) is 10.6. The molecule has 1 aromatic heterocycles. The summed E-state index contributed by atoms with van der Waals surface area (Å²) in [5.41, 5.74) is 0. The van der Waals surface area contributed by atoms with E-state index in [2.05, 4.69) is 11.4 Å². The monoisotopic (exact) mass is 224 g/mol. The molecule has 1 saturated heterocycles. The SMILES string of the molecule is N#Cc1ccc(CNC2COCC2O)s1. The van der Waals surface area contributed by atoms with Crippen LogP contribution in [0.5, 0.6) is 0 Å². The molecule has 0 aliphatic carbocycles. The van der Waals surface area contributed by atoms with Gasteiger partial charge in [-0.3, -0.25) is 0 Å². The van der Waals surface area contributed by atoms with Crippen LogP contribution in [0.25, 0.3) is 0 Å². The molecule has 2 rings (SSSR count). The number of ether oxygens (including phenoxy) is 1. The molecule has 2 heterocycles. The van der Waals surface area contributed by atoms with Crippen molar-refractivity contribution in [2.75, 3.05) is 13.2 Å². The summed E-state index contributed by atoms with van der Waals surface area (Å²) in [5.74, 6) is 0. The van der Waals surface area contributed by atoms with Crippen molar-refractivity contribution in [2.45, 2.75) is 18.7 Å². The summed E-state index contributed by atoms with van der Waals surface area (Å²) in [6.07, 6.45) is -0.416. The van der Waals surface area contributed by atoms with Crippen molar-refractivity contribution < 1.29 is 9.84 Å². The molecule has 0 bridgehead atoms. The molecule has 1 aromatic rings. The fourth-order valence-corrected chi connectivity index (χ4v) is 2.26. The van der Waals surface area contributed by atoms with Crippen LogP contribution >= 0.6 is 11.3 Å². The van der Waals surface area contributed by atoms with Gasteiger partial charge in [-0.05, 0) is 12.1 Å². The van der Waals surface area contributed by atoms with E-state index in [1.807, 2.05) is 12.1 Å². The normalized spacial score (nSPS) is 25.3. The molecule has 0 saturated carbocycles. The van der Waals surface area contributed by atoms with Crippen LogP contribution < -0.4 is 5.32 Å². The molecule has 1 fully saturated rings. The van der Waals surface area contributed by atoms with Crippen molar-refractivity contribution in [1.29, 1.82) is 5.26 Å². The zero-order chi connectivity index (χ0) is 10.7. The van der Waals surface area contributed by atoms with Crippen LogP contribution in [0, 0.1) is 11.3 Å². The summed E-state index contributed by atoms with van der Waals surface area (Å²) < 4.78 is 5.12. The van der Waals surface area contributed by atoms with Gasteiger partial charge in [0.15, 0.2) is 0 Å². The highest BCUT2D eigenvalue weighted by atomic mass is 32.1. The lowest BCUT2D eigenvalue weighted by Gasteiger charge is -2.13. The molecule has 1 aliphatic heterocycles. The minimum absolute atomic E-state index is 0.0117. The number of aliphatic hydroxyl groups is 1. The number of nitrogens with one attached hydrogen (secondary N) is 1. The predicted octanol–water partition coefficient (Wildman–Crippen LogP) is 0.469. The first-order valence-electron chi connectivity index (χ1n) is 4.77. The molecule has 0 aromatic carbocycles. The third-order valence-electron chi connectivity index (χ3n) is 2.36. The van der Waals surface area contributed by atoms with Crippen molar-refractivity contribution >= 4 is 11.3 Å².